The molecule has 8 fully saturated rings. The van der Waals surface area contributed by atoms with Crippen LogP contribution >= 0.6 is 0 Å². The van der Waals surface area contributed by atoms with E-state index in [1.54, 1.807) is 0 Å². The smallest absolute Gasteiger partial charge is 0.0102 e. The first-order chi connectivity index (χ1) is 34.7. The predicted molar refractivity (Wildman–Crippen MR) is 304 cm³/mol. The van der Waals surface area contributed by atoms with E-state index in [0.29, 0.717) is 53.3 Å². The molecule has 11 rings (SSSR count). The number of allylic oxidation sites excluding steroid dienone is 24. The Morgan fingerprint density at radius 2 is 0.817 bits per heavy atom. The number of rotatable bonds is 15. The lowest BCUT2D eigenvalue weighted by atomic mass is 9.72. The maximum atomic E-state index is 2.87. The van der Waals surface area contributed by atoms with Gasteiger partial charge in [-0.15, -0.1) is 0 Å². The fourth-order valence-corrected chi connectivity index (χ4v) is 20.9. The summed E-state index contributed by atoms with van der Waals surface area (Å²) in [6, 6.07) is 0. The number of hydrogen-bond donors (Lipinski definition) is 0. The van der Waals surface area contributed by atoms with Crippen LogP contribution in [0, 0.1) is 166 Å². The normalized spacial score (nSPS) is 51.9. The summed E-state index contributed by atoms with van der Waals surface area (Å²) in [7, 11) is 0. The lowest BCUT2D eigenvalue weighted by molar-refractivity contribution is 0.168. The second kappa shape index (κ2) is 21.6. The van der Waals surface area contributed by atoms with Crippen molar-refractivity contribution in [3.05, 3.63) is 146 Å². The van der Waals surface area contributed by atoms with Crippen molar-refractivity contribution in [1.82, 2.24) is 0 Å². The molecule has 11 aliphatic carbocycles. The van der Waals surface area contributed by atoms with Gasteiger partial charge in [0.15, 0.2) is 0 Å². The van der Waals surface area contributed by atoms with Gasteiger partial charge in [0.2, 0.25) is 0 Å². The van der Waals surface area contributed by atoms with Gasteiger partial charge < -0.3 is 0 Å². The Bertz CT molecular complexity index is 2210. The minimum atomic E-state index is 0.630. The van der Waals surface area contributed by atoms with E-state index in [0.717, 1.165) is 112 Å². The van der Waals surface area contributed by atoms with Crippen molar-refractivity contribution in [3.63, 3.8) is 0 Å². The van der Waals surface area contributed by atoms with Gasteiger partial charge >= 0.3 is 0 Å². The van der Waals surface area contributed by atoms with Crippen LogP contribution in [0.1, 0.15) is 126 Å². The van der Waals surface area contributed by atoms with Gasteiger partial charge in [-0.25, -0.2) is 0 Å². The van der Waals surface area contributed by atoms with Crippen molar-refractivity contribution in [2.24, 2.45) is 166 Å². The van der Waals surface area contributed by atoms with E-state index in [9.17, 15) is 0 Å². The van der Waals surface area contributed by atoms with Gasteiger partial charge in [-0.2, -0.15) is 0 Å². The highest BCUT2D eigenvalue weighted by molar-refractivity contribution is 5.25. The molecular weight excluding hydrogens is 853 g/mol. The van der Waals surface area contributed by atoms with E-state index in [1.807, 2.05) is 0 Å². The van der Waals surface area contributed by atoms with Gasteiger partial charge in [-0.3, -0.25) is 0 Å². The third kappa shape index (κ3) is 9.31. The highest BCUT2D eigenvalue weighted by Gasteiger charge is 2.59. The maximum absolute atomic E-state index is 2.87. The molecule has 0 N–H and O–H groups in total. The Kier molecular flexibility index (Phi) is 15.2. The largest absolute Gasteiger partial charge is 0.0914 e. The lowest BCUT2D eigenvalue weighted by Gasteiger charge is -2.33. The Morgan fingerprint density at radius 3 is 1.48 bits per heavy atom. The van der Waals surface area contributed by atoms with Crippen LogP contribution in [0.4, 0.5) is 0 Å². The fourth-order valence-electron chi connectivity index (χ4n) is 20.9. The first-order valence-electron chi connectivity index (χ1n) is 30.6. The average molecular weight is 952 g/mol. The van der Waals surface area contributed by atoms with Crippen LogP contribution in [0.2, 0.25) is 0 Å². The van der Waals surface area contributed by atoms with Crippen LogP contribution in [0.25, 0.3) is 0 Å². The molecule has 0 amide bonds. The molecule has 11 aliphatic rings. The van der Waals surface area contributed by atoms with Gasteiger partial charge in [0.25, 0.3) is 0 Å². The molecule has 0 heterocycles. The Labute approximate surface area is 435 Å². The Balaban J connectivity index is 0.816. The minimum absolute atomic E-state index is 0.630. The highest BCUT2D eigenvalue weighted by atomic mass is 14.6. The minimum Gasteiger partial charge on any atom is -0.0914 e. The topological polar surface area (TPSA) is 0 Å². The van der Waals surface area contributed by atoms with Crippen molar-refractivity contribution in [1.29, 1.82) is 0 Å². The third-order valence-electron chi connectivity index (χ3n) is 23.7. The summed E-state index contributed by atoms with van der Waals surface area (Å²) in [6.07, 6.45) is 77.2. The van der Waals surface area contributed by atoms with Crippen LogP contribution in [0.15, 0.2) is 146 Å². The second-order valence-corrected chi connectivity index (χ2v) is 26.7. The summed E-state index contributed by atoms with van der Waals surface area (Å²) in [6.45, 7) is 19.2. The van der Waals surface area contributed by atoms with E-state index >= 15 is 0 Å². The van der Waals surface area contributed by atoms with Gasteiger partial charge in [-0.1, -0.05) is 167 Å². The average Bonchev–Trinajstić information content (AvgIpc) is 4.21. The first-order valence-corrected chi connectivity index (χ1v) is 30.6. The van der Waals surface area contributed by atoms with E-state index in [1.165, 1.54) is 70.6 Å². The van der Waals surface area contributed by atoms with Crippen molar-refractivity contribution in [3.8, 4) is 0 Å². The predicted octanol–water partition coefficient (Wildman–Crippen LogP) is 18.5. The van der Waals surface area contributed by atoms with E-state index < -0.39 is 0 Å². The monoisotopic (exact) mass is 951 g/mol. The van der Waals surface area contributed by atoms with Crippen LogP contribution in [-0.4, -0.2) is 0 Å². The van der Waals surface area contributed by atoms with Crippen LogP contribution in [0.3, 0.4) is 0 Å². The molecule has 8 saturated carbocycles. The van der Waals surface area contributed by atoms with Gasteiger partial charge in [-0.05, 0) is 271 Å². The number of hydrogen-bond acceptors (Lipinski definition) is 0. The zero-order valence-corrected chi connectivity index (χ0v) is 45.8. The summed E-state index contributed by atoms with van der Waals surface area (Å²) in [5.41, 5.74) is 0. The highest BCUT2D eigenvalue weighted by Crippen LogP contribution is 2.65. The summed E-state index contributed by atoms with van der Waals surface area (Å²) < 4.78 is 0. The molecule has 28 unspecified atom stereocenters. The summed E-state index contributed by atoms with van der Waals surface area (Å²) >= 11 is 0. The molecule has 0 aliphatic heterocycles. The van der Waals surface area contributed by atoms with Crippen molar-refractivity contribution < 1.29 is 0 Å². The second-order valence-electron chi connectivity index (χ2n) is 26.7. The first kappa shape index (κ1) is 50.1. The molecule has 2 bridgehead atoms. The van der Waals surface area contributed by atoms with E-state index in [-0.39, 0.29) is 0 Å². The third-order valence-corrected chi connectivity index (χ3v) is 23.7. The molecule has 0 saturated heterocycles. The number of fused-ring (bicyclic) bond motifs is 6. The Hall–Kier alpha value is -3.12. The Morgan fingerprint density at radius 1 is 0.352 bits per heavy atom. The molecular formula is C71H98. The zero-order valence-electron chi connectivity index (χ0n) is 45.8. The molecule has 0 radical (unpaired) electrons. The zero-order chi connectivity index (χ0) is 48.9. The summed E-state index contributed by atoms with van der Waals surface area (Å²) in [4.78, 5) is 0. The van der Waals surface area contributed by atoms with E-state index in [4.69, 9.17) is 0 Å². The molecule has 0 aromatic carbocycles. The van der Waals surface area contributed by atoms with Gasteiger partial charge in [0.1, 0.15) is 0 Å². The van der Waals surface area contributed by atoms with E-state index in [2.05, 4.69) is 201 Å². The van der Waals surface area contributed by atoms with Crippen molar-refractivity contribution in [2.75, 3.05) is 0 Å². The molecule has 0 aromatic heterocycles. The molecule has 71 heavy (non-hydrogen) atoms. The van der Waals surface area contributed by atoms with Gasteiger partial charge in [0, 0.05) is 0 Å². The SMILES string of the molecule is CC=CC1CC(C=CC2CC(C=CC3CC(C=CC4C5C=CC(C5)C4C=CC)C4C(C)C(C5CC6C(C=CC)CC(C=CC)C6C5C)CC34)C3C=CCC23)C(CC=CC2CC(C)C3CC=CC23)C1C=CC. The van der Waals surface area contributed by atoms with Crippen LogP contribution in [-0.2, 0) is 0 Å². The standard InChI is InChI=1S/C71H98/c1-9-17-47-37-51(62(59(47)20-12-4)24-14-22-49-36-44(6)58-23-15-25-61(49)58)29-30-52-39-53(64-27-16-26-63(52)64)32-33-55-41-57(34-35-65-54-31-28-50(38-54)60(65)21-13-5)71-46(8)67(43-69(55)71)66-42-68-48(18-10-2)40-56(19-11-3)70(68)45(66)7/h9-22,25,27-35,44-71H,23-24,26,36-43H2,1-8H3. The maximum Gasteiger partial charge on any atom is -0.0102 e. The summed E-state index contributed by atoms with van der Waals surface area (Å²) in [5.74, 6) is 21.4. The molecule has 0 nitrogen and oxygen atoms in total. The van der Waals surface area contributed by atoms with Crippen LogP contribution in [0.5, 0.6) is 0 Å². The molecule has 0 heteroatoms. The molecule has 0 aromatic rings. The summed E-state index contributed by atoms with van der Waals surface area (Å²) in [5, 5.41) is 0. The molecule has 0 spiro atoms. The van der Waals surface area contributed by atoms with Crippen molar-refractivity contribution >= 4 is 0 Å². The van der Waals surface area contributed by atoms with Gasteiger partial charge in [0.05, 0.1) is 0 Å². The van der Waals surface area contributed by atoms with Crippen molar-refractivity contribution in [2.45, 2.75) is 126 Å². The molecule has 28 atom stereocenters. The lowest BCUT2D eigenvalue weighted by Crippen LogP contribution is -2.27. The fraction of sp³-hybridized carbons (Fsp3) is 0.662. The quantitative estimate of drug-likeness (QED) is 0.144. The van der Waals surface area contributed by atoms with Crippen LogP contribution < -0.4 is 0 Å². The molecule has 382 valence electrons.